The summed E-state index contributed by atoms with van der Waals surface area (Å²) >= 11 is 8.20. The summed E-state index contributed by atoms with van der Waals surface area (Å²) in [5.41, 5.74) is 3.66. The maximum absolute atomic E-state index is 12.1. The topological polar surface area (TPSA) is 72.3 Å². The molecule has 2 aliphatic rings. The van der Waals surface area contributed by atoms with Crippen molar-refractivity contribution in [2.75, 3.05) is 32.1 Å². The van der Waals surface area contributed by atoms with Crippen LogP contribution in [-0.2, 0) is 20.0 Å². The van der Waals surface area contributed by atoms with E-state index >= 15 is 0 Å². The average molecular weight is 472 g/mol. The first-order chi connectivity index (χ1) is 15.6. The fourth-order valence-corrected chi connectivity index (χ4v) is 5.55. The molecule has 2 aliphatic heterocycles. The number of likely N-dealkylation sites (tertiary alicyclic amines) is 1. The quantitative estimate of drug-likeness (QED) is 0.567. The van der Waals surface area contributed by atoms with Gasteiger partial charge in [-0.2, -0.15) is 0 Å². The largest absolute Gasteiger partial charge is 0.480 e. The van der Waals surface area contributed by atoms with E-state index in [0.717, 1.165) is 67.2 Å². The minimum absolute atomic E-state index is 0.0425. The number of aromatic nitrogens is 3. The van der Waals surface area contributed by atoms with E-state index in [2.05, 4.69) is 26.3 Å². The maximum Gasteiger partial charge on any atom is 0.250 e. The molecule has 3 aromatic rings. The van der Waals surface area contributed by atoms with Crippen molar-refractivity contribution in [2.24, 2.45) is 13.0 Å². The van der Waals surface area contributed by atoms with Crippen molar-refractivity contribution in [1.82, 2.24) is 24.8 Å². The number of hydrogen-bond acceptors (Lipinski definition) is 7. The number of thioether (sulfide) groups is 1. The fourth-order valence-electron chi connectivity index (χ4n) is 4.54. The van der Waals surface area contributed by atoms with Gasteiger partial charge in [-0.25, -0.2) is 0 Å². The Kier molecular flexibility index (Phi) is 6.37. The van der Waals surface area contributed by atoms with Gasteiger partial charge in [-0.1, -0.05) is 23.4 Å². The van der Waals surface area contributed by atoms with Crippen LogP contribution in [0.2, 0.25) is 5.02 Å². The van der Waals surface area contributed by atoms with E-state index in [9.17, 15) is 4.79 Å². The lowest BCUT2D eigenvalue weighted by Gasteiger charge is -2.18. The maximum atomic E-state index is 12.1. The lowest BCUT2D eigenvalue weighted by molar-refractivity contribution is 0.325. The lowest BCUT2D eigenvalue weighted by atomic mass is 10.1. The monoisotopic (exact) mass is 471 g/mol. The van der Waals surface area contributed by atoms with Gasteiger partial charge in [0.1, 0.15) is 5.94 Å². The van der Waals surface area contributed by atoms with Crippen LogP contribution in [0.3, 0.4) is 0 Å². The Hall–Kier alpha value is -2.13. The van der Waals surface area contributed by atoms with E-state index in [4.69, 9.17) is 16.3 Å². The van der Waals surface area contributed by atoms with Crippen LogP contribution in [0.1, 0.15) is 17.7 Å². The third kappa shape index (κ3) is 4.50. The molecule has 0 amide bonds. The minimum Gasteiger partial charge on any atom is -0.480 e. The molecule has 0 bridgehead atoms. The van der Waals surface area contributed by atoms with E-state index < -0.39 is 0 Å². The number of ether oxygens (including phenoxy) is 1. The first-order valence-electron chi connectivity index (χ1n) is 10.9. The first-order valence-corrected chi connectivity index (χ1v) is 12.3. The summed E-state index contributed by atoms with van der Waals surface area (Å²) < 4.78 is 7.15. The van der Waals surface area contributed by atoms with Gasteiger partial charge in [-0.05, 0) is 49.5 Å². The number of nitrogens with one attached hydrogen (secondary N) is 1. The number of nitrogens with zero attached hydrogens (tertiary/aromatic N) is 4. The Morgan fingerprint density at radius 3 is 3.12 bits per heavy atom. The van der Waals surface area contributed by atoms with E-state index in [1.54, 1.807) is 41.7 Å². The summed E-state index contributed by atoms with van der Waals surface area (Å²) in [5, 5.41) is 4.20. The Morgan fingerprint density at radius 1 is 1.31 bits per heavy atom. The Bertz CT molecular complexity index is 1200. The fraction of sp³-hybridized carbons (Fsp3) is 0.435. The molecular weight excluding hydrogens is 446 g/mol. The molecular formula is C23H26ClN5O2S. The van der Waals surface area contributed by atoms with Crippen LogP contribution >= 0.6 is 23.4 Å². The molecule has 32 heavy (non-hydrogen) atoms. The van der Waals surface area contributed by atoms with E-state index in [0.29, 0.717) is 16.9 Å². The highest BCUT2D eigenvalue weighted by Gasteiger charge is 2.23. The molecule has 0 radical (unpaired) electrons. The Labute approximate surface area is 196 Å². The van der Waals surface area contributed by atoms with Gasteiger partial charge in [0.2, 0.25) is 0 Å². The summed E-state index contributed by atoms with van der Waals surface area (Å²) in [5.74, 6) is 2.20. The highest BCUT2D eigenvalue weighted by atomic mass is 35.5. The molecule has 0 aromatic carbocycles. The number of hydrogen-bond donors (Lipinski definition) is 1. The molecule has 0 unspecified atom stereocenters. The van der Waals surface area contributed by atoms with Gasteiger partial charge >= 0.3 is 0 Å². The van der Waals surface area contributed by atoms with Crippen LogP contribution in [-0.4, -0.2) is 51.6 Å². The van der Waals surface area contributed by atoms with E-state index in [1.807, 2.05) is 6.20 Å². The highest BCUT2D eigenvalue weighted by molar-refractivity contribution is 7.99. The number of rotatable bonds is 7. The van der Waals surface area contributed by atoms with Crippen LogP contribution in [0, 0.1) is 5.92 Å². The molecule has 1 atom stereocenters. The Morgan fingerprint density at radius 2 is 2.22 bits per heavy atom. The second-order valence-electron chi connectivity index (χ2n) is 8.41. The zero-order valence-corrected chi connectivity index (χ0v) is 19.6. The van der Waals surface area contributed by atoms with Gasteiger partial charge in [0, 0.05) is 38.9 Å². The van der Waals surface area contributed by atoms with Gasteiger partial charge in [0.05, 0.1) is 32.8 Å². The van der Waals surface area contributed by atoms with Crippen LogP contribution < -0.4 is 15.6 Å². The molecule has 1 fully saturated rings. The van der Waals surface area contributed by atoms with Crippen molar-refractivity contribution in [2.45, 2.75) is 24.3 Å². The number of halogens is 1. The van der Waals surface area contributed by atoms with E-state index in [-0.39, 0.29) is 5.56 Å². The Balaban J connectivity index is 1.15. The molecule has 168 valence electrons. The predicted molar refractivity (Wildman–Crippen MR) is 128 cm³/mol. The summed E-state index contributed by atoms with van der Waals surface area (Å²) in [6.07, 6.45) is 5.50. The zero-order chi connectivity index (χ0) is 22.1. The van der Waals surface area contributed by atoms with Crippen LogP contribution in [0.4, 0.5) is 0 Å². The average Bonchev–Trinajstić information content (AvgIpc) is 3.45. The third-order valence-electron chi connectivity index (χ3n) is 6.29. The van der Waals surface area contributed by atoms with Gasteiger partial charge < -0.3 is 19.5 Å². The second-order valence-corrected chi connectivity index (χ2v) is 9.79. The second kappa shape index (κ2) is 9.39. The van der Waals surface area contributed by atoms with Gasteiger partial charge in [0.15, 0.2) is 5.75 Å². The summed E-state index contributed by atoms with van der Waals surface area (Å²) in [7, 11) is 1.78. The molecule has 3 aromatic heterocycles. The molecule has 9 heteroatoms. The van der Waals surface area contributed by atoms with Gasteiger partial charge in [0.25, 0.3) is 5.56 Å². The van der Waals surface area contributed by atoms with Crippen LogP contribution in [0.15, 0.2) is 40.3 Å². The normalized spacial score (nSPS) is 18.2. The van der Waals surface area contributed by atoms with Gasteiger partial charge in [-0.3, -0.25) is 14.8 Å². The van der Waals surface area contributed by atoms with Crippen molar-refractivity contribution in [3.05, 3.63) is 57.2 Å². The van der Waals surface area contributed by atoms with Crippen molar-refractivity contribution in [3.8, 4) is 5.75 Å². The molecule has 5 heterocycles. The third-order valence-corrected chi connectivity index (χ3v) is 7.48. The molecule has 0 aliphatic carbocycles. The molecule has 7 nitrogen and oxygen atoms in total. The lowest BCUT2D eigenvalue weighted by Crippen LogP contribution is -2.28. The molecule has 1 N–H and O–H groups in total. The highest BCUT2D eigenvalue weighted by Crippen LogP contribution is 2.35. The van der Waals surface area contributed by atoms with Crippen LogP contribution in [0.25, 0.3) is 11.0 Å². The zero-order valence-electron chi connectivity index (χ0n) is 18.0. The molecule has 0 spiro atoms. The van der Waals surface area contributed by atoms with Crippen molar-refractivity contribution in [3.63, 3.8) is 0 Å². The first kappa shape index (κ1) is 21.7. The van der Waals surface area contributed by atoms with Crippen molar-refractivity contribution >= 4 is 34.4 Å². The number of aryl methyl sites for hydroxylation is 1. The molecule has 0 saturated carbocycles. The van der Waals surface area contributed by atoms with Crippen LogP contribution in [0.5, 0.6) is 5.75 Å². The summed E-state index contributed by atoms with van der Waals surface area (Å²) in [6, 6.07) is 5.45. The SMILES string of the molecule is Cn1c(=O)ccc2ncc(Cl)c(CCN3CC[C@@H](CNCc4cc5c(cn4)OCS5)C3)c21. The summed E-state index contributed by atoms with van der Waals surface area (Å²) in [4.78, 5) is 24.7. The van der Waals surface area contributed by atoms with Gasteiger partial charge in [-0.15, -0.1) is 0 Å². The molecule has 5 rings (SSSR count). The van der Waals surface area contributed by atoms with Crippen molar-refractivity contribution < 1.29 is 4.74 Å². The number of fused-ring (bicyclic) bond motifs is 2. The molecule has 1 saturated heterocycles. The predicted octanol–water partition coefficient (Wildman–Crippen LogP) is 3.08. The number of pyridine rings is 3. The minimum atomic E-state index is -0.0425. The van der Waals surface area contributed by atoms with E-state index in [1.165, 1.54) is 11.3 Å². The standard InChI is InChI=1S/C23H26ClN5O2S/c1-28-22(30)3-2-19-23(28)17(18(24)11-27-19)5-7-29-6-4-15(13-29)9-25-10-16-8-21-20(12-26-16)31-14-32-21/h2-3,8,11-12,15,25H,4-7,9-10,13-14H2,1H3/t15-/m0/s1. The van der Waals surface area contributed by atoms with Crippen molar-refractivity contribution in [1.29, 1.82) is 0 Å². The smallest absolute Gasteiger partial charge is 0.250 e. The summed E-state index contributed by atoms with van der Waals surface area (Å²) in [6.45, 7) is 4.82.